The van der Waals surface area contributed by atoms with Crippen LogP contribution in [0.1, 0.15) is 51.0 Å². The van der Waals surface area contributed by atoms with Crippen molar-refractivity contribution in [3.8, 4) is 0 Å². The first kappa shape index (κ1) is 11.3. The van der Waals surface area contributed by atoms with E-state index in [4.69, 9.17) is 12.2 Å². The molecule has 94 valence electrons. The van der Waals surface area contributed by atoms with Crippen LogP contribution in [0.15, 0.2) is 0 Å². The minimum Gasteiger partial charge on any atom is -0.341 e. The summed E-state index contributed by atoms with van der Waals surface area (Å²) >= 11 is 5.40. The monoisotopic (exact) mass is 252 g/mol. The highest BCUT2D eigenvalue weighted by atomic mass is 32.1. The zero-order chi connectivity index (χ0) is 11.8. The number of nitrogens with zero attached hydrogens (tertiary/aromatic N) is 3. The molecule has 0 atom stereocenters. The van der Waals surface area contributed by atoms with E-state index in [9.17, 15) is 0 Å². The Hall–Kier alpha value is -0.840. The van der Waals surface area contributed by atoms with Gasteiger partial charge < -0.3 is 4.90 Å². The summed E-state index contributed by atoms with van der Waals surface area (Å²) < 4.78 is 3.05. The summed E-state index contributed by atoms with van der Waals surface area (Å²) in [6.45, 7) is 0. The molecule has 1 N–H and O–H groups in total. The molecule has 0 bridgehead atoms. The zero-order valence-corrected chi connectivity index (χ0v) is 11.2. The van der Waals surface area contributed by atoms with Crippen molar-refractivity contribution in [2.24, 2.45) is 0 Å². The van der Waals surface area contributed by atoms with E-state index in [0.29, 0.717) is 12.1 Å². The first-order chi connectivity index (χ1) is 8.27. The van der Waals surface area contributed by atoms with Crippen molar-refractivity contribution in [3.05, 3.63) is 4.77 Å². The molecule has 5 heteroatoms. The van der Waals surface area contributed by atoms with Crippen molar-refractivity contribution >= 4 is 18.2 Å². The van der Waals surface area contributed by atoms with Gasteiger partial charge in [0.25, 0.3) is 0 Å². The van der Waals surface area contributed by atoms with Crippen LogP contribution in [-0.2, 0) is 0 Å². The first-order valence-electron chi connectivity index (χ1n) is 6.67. The third-order valence-corrected chi connectivity index (χ3v) is 4.32. The van der Waals surface area contributed by atoms with Gasteiger partial charge in [-0.2, -0.15) is 0 Å². The lowest BCUT2D eigenvalue weighted by molar-refractivity contribution is 0.350. The molecule has 0 aromatic carbocycles. The Balaban J connectivity index is 1.90. The van der Waals surface area contributed by atoms with Crippen LogP contribution in [0.2, 0.25) is 0 Å². The summed E-state index contributed by atoms with van der Waals surface area (Å²) in [5, 5.41) is 7.40. The average Bonchev–Trinajstić information content (AvgIpc) is 3.13. The zero-order valence-electron chi connectivity index (χ0n) is 10.4. The highest BCUT2D eigenvalue weighted by Crippen LogP contribution is 2.34. The summed E-state index contributed by atoms with van der Waals surface area (Å²) in [6.07, 6.45) is 9.10. The molecule has 0 amide bonds. The molecule has 4 nitrogen and oxygen atoms in total. The van der Waals surface area contributed by atoms with Crippen molar-refractivity contribution in [2.75, 3.05) is 11.9 Å². The maximum Gasteiger partial charge on any atom is 0.225 e. The van der Waals surface area contributed by atoms with Gasteiger partial charge in [-0.1, -0.05) is 19.3 Å². The Morgan fingerprint density at radius 3 is 2.59 bits per heavy atom. The standard InChI is InChI=1S/C12H20N4S/c1-15(9-7-8-9)11-13-14-12(17)16(11)10-5-3-2-4-6-10/h9-10H,2-8H2,1H3,(H,14,17). The normalized spacial score (nSPS) is 21.7. The molecule has 2 aliphatic carbocycles. The molecule has 0 spiro atoms. The predicted octanol–water partition coefficient (Wildman–Crippen LogP) is 3.04. The van der Waals surface area contributed by atoms with E-state index in [1.807, 2.05) is 0 Å². The van der Waals surface area contributed by atoms with Gasteiger partial charge in [0.1, 0.15) is 0 Å². The lowest BCUT2D eigenvalue weighted by atomic mass is 9.95. The number of aromatic amines is 1. The van der Waals surface area contributed by atoms with Crippen molar-refractivity contribution in [1.82, 2.24) is 14.8 Å². The molecular formula is C12H20N4S. The number of hydrogen-bond acceptors (Lipinski definition) is 3. The first-order valence-corrected chi connectivity index (χ1v) is 7.08. The van der Waals surface area contributed by atoms with Crippen LogP contribution in [-0.4, -0.2) is 27.9 Å². The summed E-state index contributed by atoms with van der Waals surface area (Å²) in [6, 6.07) is 1.24. The van der Waals surface area contributed by atoms with E-state index in [1.54, 1.807) is 0 Å². The van der Waals surface area contributed by atoms with E-state index in [0.717, 1.165) is 10.7 Å². The van der Waals surface area contributed by atoms with Crippen LogP contribution in [0.5, 0.6) is 0 Å². The number of nitrogens with one attached hydrogen (secondary N) is 1. The van der Waals surface area contributed by atoms with Crippen LogP contribution in [0.4, 0.5) is 5.95 Å². The second-order valence-electron chi connectivity index (χ2n) is 5.33. The Morgan fingerprint density at radius 2 is 1.94 bits per heavy atom. The number of rotatable bonds is 3. The molecule has 1 aromatic rings. The van der Waals surface area contributed by atoms with Crippen molar-refractivity contribution in [1.29, 1.82) is 0 Å². The van der Waals surface area contributed by atoms with Gasteiger partial charge in [0, 0.05) is 19.1 Å². The Morgan fingerprint density at radius 1 is 1.24 bits per heavy atom. The summed E-state index contributed by atoms with van der Waals surface area (Å²) in [4.78, 5) is 2.29. The topological polar surface area (TPSA) is 36.9 Å². The Bertz CT molecular complexity index is 440. The fourth-order valence-corrected chi connectivity index (χ4v) is 3.12. The van der Waals surface area contributed by atoms with E-state index in [1.165, 1.54) is 44.9 Å². The predicted molar refractivity (Wildman–Crippen MR) is 71.0 cm³/mol. The van der Waals surface area contributed by atoms with Gasteiger partial charge in [-0.3, -0.25) is 4.57 Å². The minimum atomic E-state index is 0.561. The maximum atomic E-state index is 5.40. The van der Waals surface area contributed by atoms with Gasteiger partial charge in [-0.05, 0) is 37.9 Å². The van der Waals surface area contributed by atoms with Crippen LogP contribution < -0.4 is 4.90 Å². The third kappa shape index (κ3) is 2.12. The van der Waals surface area contributed by atoms with Crippen LogP contribution in [0.25, 0.3) is 0 Å². The summed E-state index contributed by atoms with van der Waals surface area (Å²) in [5.74, 6) is 1.05. The quantitative estimate of drug-likeness (QED) is 0.840. The van der Waals surface area contributed by atoms with E-state index < -0.39 is 0 Å². The van der Waals surface area contributed by atoms with Crippen molar-refractivity contribution in [2.45, 2.75) is 57.0 Å². The molecule has 0 unspecified atom stereocenters. The van der Waals surface area contributed by atoms with Gasteiger partial charge in [-0.15, -0.1) is 5.10 Å². The number of anilines is 1. The van der Waals surface area contributed by atoms with Gasteiger partial charge in [0.05, 0.1) is 0 Å². The largest absolute Gasteiger partial charge is 0.341 e. The molecular weight excluding hydrogens is 232 g/mol. The molecule has 17 heavy (non-hydrogen) atoms. The smallest absolute Gasteiger partial charge is 0.225 e. The molecule has 3 rings (SSSR count). The molecule has 2 saturated carbocycles. The number of aromatic nitrogens is 3. The van der Waals surface area contributed by atoms with Crippen LogP contribution in [0, 0.1) is 4.77 Å². The summed E-state index contributed by atoms with van der Waals surface area (Å²) in [5.41, 5.74) is 0. The fraction of sp³-hybridized carbons (Fsp3) is 0.833. The number of H-pyrrole nitrogens is 1. The molecule has 1 heterocycles. The van der Waals surface area contributed by atoms with Gasteiger partial charge in [-0.25, -0.2) is 5.10 Å². The van der Waals surface area contributed by atoms with E-state index in [-0.39, 0.29) is 0 Å². The van der Waals surface area contributed by atoms with Crippen molar-refractivity contribution < 1.29 is 0 Å². The molecule has 0 aliphatic heterocycles. The second kappa shape index (κ2) is 4.44. The molecule has 2 fully saturated rings. The lowest BCUT2D eigenvalue weighted by Crippen LogP contribution is -2.26. The lowest BCUT2D eigenvalue weighted by Gasteiger charge is -2.27. The number of hydrogen-bond donors (Lipinski definition) is 1. The Kier molecular flexibility index (Phi) is 2.94. The highest BCUT2D eigenvalue weighted by Gasteiger charge is 2.31. The van der Waals surface area contributed by atoms with E-state index >= 15 is 0 Å². The molecule has 2 aliphatic rings. The fourth-order valence-electron chi connectivity index (χ4n) is 2.84. The van der Waals surface area contributed by atoms with E-state index in [2.05, 4.69) is 26.7 Å². The third-order valence-electron chi connectivity index (χ3n) is 4.04. The average molecular weight is 252 g/mol. The summed E-state index contributed by atoms with van der Waals surface area (Å²) in [7, 11) is 2.14. The van der Waals surface area contributed by atoms with Gasteiger partial charge in [0.15, 0.2) is 4.77 Å². The molecule has 0 saturated heterocycles. The second-order valence-corrected chi connectivity index (χ2v) is 5.72. The Labute approximate surface area is 107 Å². The minimum absolute atomic E-state index is 0.561. The molecule has 1 aromatic heterocycles. The highest BCUT2D eigenvalue weighted by molar-refractivity contribution is 7.71. The molecule has 0 radical (unpaired) electrons. The van der Waals surface area contributed by atoms with Crippen molar-refractivity contribution in [3.63, 3.8) is 0 Å². The van der Waals surface area contributed by atoms with Gasteiger partial charge in [0.2, 0.25) is 5.95 Å². The maximum absolute atomic E-state index is 5.40. The van der Waals surface area contributed by atoms with Crippen LogP contribution >= 0.6 is 12.2 Å². The SMILES string of the molecule is CN(c1n[nH]c(=S)n1C1CCCCC1)C1CC1. The van der Waals surface area contributed by atoms with Gasteiger partial charge >= 0.3 is 0 Å². The van der Waals surface area contributed by atoms with Crippen LogP contribution in [0.3, 0.4) is 0 Å².